The minimum atomic E-state index is -3.48. The van der Waals surface area contributed by atoms with Crippen LogP contribution in [0.15, 0.2) is 21.6 Å². The largest absolute Gasteiger partial charge is 0.447 e. The van der Waals surface area contributed by atoms with Gasteiger partial charge < -0.3 is 9.73 Å². The number of nitrogens with one attached hydrogen (secondary N) is 1. The zero-order chi connectivity index (χ0) is 15.6. The maximum Gasteiger partial charge on any atom is 0.276 e. The van der Waals surface area contributed by atoms with Crippen molar-refractivity contribution in [3.8, 4) is 0 Å². The van der Waals surface area contributed by atoms with Gasteiger partial charge in [-0.05, 0) is 30.4 Å². The van der Waals surface area contributed by atoms with Crippen LogP contribution in [0.5, 0.6) is 0 Å². The summed E-state index contributed by atoms with van der Waals surface area (Å²) in [5, 5.41) is 3.28. The summed E-state index contributed by atoms with van der Waals surface area (Å²) in [6, 6.07) is 3.63. The summed E-state index contributed by atoms with van der Waals surface area (Å²) in [5.74, 6) is 1.60. The molecule has 1 aliphatic heterocycles. The van der Waals surface area contributed by atoms with Gasteiger partial charge >= 0.3 is 0 Å². The van der Waals surface area contributed by atoms with E-state index in [0.29, 0.717) is 43.3 Å². The Morgan fingerprint density at radius 2 is 2.05 bits per heavy atom. The van der Waals surface area contributed by atoms with Crippen molar-refractivity contribution in [1.82, 2.24) is 9.62 Å². The summed E-state index contributed by atoms with van der Waals surface area (Å²) in [5.41, 5.74) is 0. The molecule has 0 radical (unpaired) electrons. The summed E-state index contributed by atoms with van der Waals surface area (Å²) < 4.78 is 32.2. The Hall–Kier alpha value is -0.850. The fourth-order valence-electron chi connectivity index (χ4n) is 2.54. The third-order valence-electron chi connectivity index (χ3n) is 4.05. The summed E-state index contributed by atoms with van der Waals surface area (Å²) in [6.07, 6.45) is 0.930. The molecule has 1 saturated heterocycles. The molecule has 1 aliphatic rings. The van der Waals surface area contributed by atoms with Gasteiger partial charge in [-0.2, -0.15) is 4.31 Å². The van der Waals surface area contributed by atoms with Gasteiger partial charge in [0.15, 0.2) is 0 Å². The van der Waals surface area contributed by atoms with E-state index in [9.17, 15) is 8.42 Å². The molecule has 1 N–H and O–H groups in total. The van der Waals surface area contributed by atoms with E-state index < -0.39 is 10.0 Å². The van der Waals surface area contributed by atoms with Crippen LogP contribution in [0, 0.1) is 11.8 Å². The summed E-state index contributed by atoms with van der Waals surface area (Å²) in [7, 11) is -3.48. The fraction of sp³-hybridized carbons (Fsp3) is 0.733. The molecule has 120 valence electrons. The lowest BCUT2D eigenvalue weighted by atomic mass is 9.96. The van der Waals surface area contributed by atoms with Crippen LogP contribution in [0.25, 0.3) is 0 Å². The fourth-order valence-corrected chi connectivity index (χ4v) is 3.98. The number of rotatable bonds is 6. The second kappa shape index (κ2) is 6.50. The number of hydrogen-bond donors (Lipinski definition) is 1. The Kier molecular flexibility index (Phi) is 5.11. The molecule has 1 atom stereocenters. The van der Waals surface area contributed by atoms with Crippen LogP contribution >= 0.6 is 0 Å². The van der Waals surface area contributed by atoms with Crippen LogP contribution in [0.1, 0.15) is 39.9 Å². The third-order valence-corrected chi connectivity index (χ3v) is 5.79. The zero-order valence-electron chi connectivity index (χ0n) is 13.3. The van der Waals surface area contributed by atoms with Crippen LogP contribution in [-0.4, -0.2) is 31.9 Å². The van der Waals surface area contributed by atoms with E-state index in [2.05, 4.69) is 19.2 Å². The number of nitrogens with zero attached hydrogens (tertiary/aromatic N) is 1. The Morgan fingerprint density at radius 1 is 1.33 bits per heavy atom. The van der Waals surface area contributed by atoms with Gasteiger partial charge in [-0.25, -0.2) is 8.42 Å². The Labute approximate surface area is 127 Å². The second-order valence-corrected chi connectivity index (χ2v) is 8.28. The number of hydrogen-bond acceptors (Lipinski definition) is 4. The molecule has 0 spiro atoms. The van der Waals surface area contributed by atoms with Crippen molar-refractivity contribution in [2.75, 3.05) is 13.1 Å². The topological polar surface area (TPSA) is 62.6 Å². The van der Waals surface area contributed by atoms with Gasteiger partial charge in [0.05, 0.1) is 6.54 Å². The van der Waals surface area contributed by atoms with Crippen LogP contribution < -0.4 is 5.32 Å². The van der Waals surface area contributed by atoms with Crippen LogP contribution in [0.2, 0.25) is 0 Å². The van der Waals surface area contributed by atoms with Gasteiger partial charge in [0.1, 0.15) is 5.76 Å². The van der Waals surface area contributed by atoms with E-state index in [4.69, 9.17) is 4.42 Å². The van der Waals surface area contributed by atoms with Crippen molar-refractivity contribution in [1.29, 1.82) is 0 Å². The molecule has 0 amide bonds. The van der Waals surface area contributed by atoms with Crippen molar-refractivity contribution in [2.24, 2.45) is 11.8 Å². The maximum absolute atomic E-state index is 12.6. The standard InChI is InChI=1S/C15H26N2O3S/c1-11(2)13-7-8-17(10-13)21(18,19)15-6-5-14(20-15)9-16-12(3)4/h5-6,11-13,16H,7-10H2,1-4H3. The van der Waals surface area contributed by atoms with Gasteiger partial charge in [-0.1, -0.05) is 27.7 Å². The smallest absolute Gasteiger partial charge is 0.276 e. The normalized spacial score (nSPS) is 20.8. The van der Waals surface area contributed by atoms with E-state index in [1.165, 1.54) is 0 Å². The molecule has 1 fully saturated rings. The van der Waals surface area contributed by atoms with Gasteiger partial charge in [-0.15, -0.1) is 0 Å². The molecule has 0 saturated carbocycles. The summed E-state index contributed by atoms with van der Waals surface area (Å²) in [4.78, 5) is 0. The predicted molar refractivity (Wildman–Crippen MR) is 82.4 cm³/mol. The molecule has 0 bridgehead atoms. The van der Waals surface area contributed by atoms with Crippen molar-refractivity contribution in [3.63, 3.8) is 0 Å². The lowest BCUT2D eigenvalue weighted by Gasteiger charge is -2.16. The van der Waals surface area contributed by atoms with Crippen LogP contribution in [-0.2, 0) is 16.6 Å². The lowest BCUT2D eigenvalue weighted by molar-refractivity contribution is 0.362. The maximum atomic E-state index is 12.6. The molecule has 1 aromatic rings. The SMILES string of the molecule is CC(C)NCc1ccc(S(=O)(=O)N2CCC(C(C)C)C2)o1. The minimum absolute atomic E-state index is 0.0625. The quantitative estimate of drug-likeness (QED) is 0.876. The summed E-state index contributed by atoms with van der Waals surface area (Å²) in [6.45, 7) is 10.1. The van der Waals surface area contributed by atoms with Gasteiger partial charge in [0.2, 0.25) is 5.09 Å². The highest BCUT2D eigenvalue weighted by molar-refractivity contribution is 7.89. The molecule has 1 aromatic heterocycles. The van der Waals surface area contributed by atoms with Gasteiger partial charge in [0.25, 0.3) is 10.0 Å². The minimum Gasteiger partial charge on any atom is -0.447 e. The highest BCUT2D eigenvalue weighted by Gasteiger charge is 2.35. The Bertz CT molecular complexity index is 563. The van der Waals surface area contributed by atoms with Gasteiger partial charge in [0, 0.05) is 19.1 Å². The highest BCUT2D eigenvalue weighted by atomic mass is 32.2. The van der Waals surface area contributed by atoms with Crippen molar-refractivity contribution in [3.05, 3.63) is 17.9 Å². The van der Waals surface area contributed by atoms with Crippen LogP contribution in [0.4, 0.5) is 0 Å². The highest BCUT2D eigenvalue weighted by Crippen LogP contribution is 2.29. The van der Waals surface area contributed by atoms with E-state index >= 15 is 0 Å². The average molecular weight is 314 g/mol. The molecular formula is C15H26N2O3S. The first-order valence-electron chi connectivity index (χ1n) is 7.63. The van der Waals surface area contributed by atoms with Crippen molar-refractivity contribution in [2.45, 2.75) is 51.8 Å². The molecule has 2 rings (SSSR count). The summed E-state index contributed by atoms with van der Waals surface area (Å²) >= 11 is 0. The Morgan fingerprint density at radius 3 is 2.62 bits per heavy atom. The first kappa shape index (κ1) is 16.5. The lowest BCUT2D eigenvalue weighted by Crippen LogP contribution is -2.29. The predicted octanol–water partition coefficient (Wildman–Crippen LogP) is 2.44. The number of furan rings is 1. The molecule has 6 heteroatoms. The first-order chi connectivity index (χ1) is 9.80. The van der Waals surface area contributed by atoms with E-state index in [1.54, 1.807) is 16.4 Å². The number of sulfonamides is 1. The second-order valence-electron chi connectivity index (χ2n) is 6.41. The third kappa shape index (κ3) is 3.87. The van der Waals surface area contributed by atoms with Crippen molar-refractivity contribution >= 4 is 10.0 Å². The molecular weight excluding hydrogens is 288 g/mol. The molecule has 1 unspecified atom stereocenters. The molecule has 2 heterocycles. The monoisotopic (exact) mass is 314 g/mol. The zero-order valence-corrected chi connectivity index (χ0v) is 14.1. The van der Waals surface area contributed by atoms with E-state index in [1.807, 2.05) is 13.8 Å². The van der Waals surface area contributed by atoms with E-state index in [0.717, 1.165) is 6.42 Å². The van der Waals surface area contributed by atoms with Gasteiger partial charge in [-0.3, -0.25) is 0 Å². The van der Waals surface area contributed by atoms with Crippen molar-refractivity contribution < 1.29 is 12.8 Å². The molecule has 5 nitrogen and oxygen atoms in total. The average Bonchev–Trinajstić information content (AvgIpc) is 3.06. The van der Waals surface area contributed by atoms with E-state index in [-0.39, 0.29) is 5.09 Å². The first-order valence-corrected chi connectivity index (χ1v) is 9.07. The van der Waals surface area contributed by atoms with Crippen LogP contribution in [0.3, 0.4) is 0 Å². The Balaban J connectivity index is 2.06. The molecule has 0 aliphatic carbocycles. The molecule has 0 aromatic carbocycles. The molecule has 21 heavy (non-hydrogen) atoms.